The third-order valence-corrected chi connectivity index (χ3v) is 9.26. The predicted octanol–water partition coefficient (Wildman–Crippen LogP) is 2.84. The molecule has 2 fully saturated rings. The molecule has 9 nitrogen and oxygen atoms in total. The van der Waals surface area contributed by atoms with Gasteiger partial charge < -0.3 is 10.2 Å². The fourth-order valence-corrected chi connectivity index (χ4v) is 6.74. The van der Waals surface area contributed by atoms with E-state index < -0.39 is 10.0 Å². The summed E-state index contributed by atoms with van der Waals surface area (Å²) < 4.78 is 29.0. The predicted molar refractivity (Wildman–Crippen MR) is 136 cm³/mol. The summed E-state index contributed by atoms with van der Waals surface area (Å²) in [6.07, 6.45) is 8.14. The van der Waals surface area contributed by atoms with Gasteiger partial charge in [0.05, 0.1) is 5.75 Å². The van der Waals surface area contributed by atoms with Crippen LogP contribution in [-0.2, 0) is 10.0 Å². The van der Waals surface area contributed by atoms with Crippen LogP contribution in [0.4, 0.5) is 5.95 Å². The number of sulfonamides is 1. The van der Waals surface area contributed by atoms with Gasteiger partial charge >= 0.3 is 0 Å². The Balaban J connectivity index is 1.37. The summed E-state index contributed by atoms with van der Waals surface area (Å²) in [5.41, 5.74) is 0.675. The van der Waals surface area contributed by atoms with E-state index in [0.29, 0.717) is 43.9 Å². The van der Waals surface area contributed by atoms with E-state index in [1.807, 2.05) is 4.57 Å². The van der Waals surface area contributed by atoms with E-state index in [9.17, 15) is 13.2 Å². The molecule has 1 aliphatic carbocycles. The third kappa shape index (κ3) is 5.78. The molecule has 34 heavy (non-hydrogen) atoms. The van der Waals surface area contributed by atoms with E-state index >= 15 is 0 Å². The lowest BCUT2D eigenvalue weighted by Gasteiger charge is -2.32. The van der Waals surface area contributed by atoms with Crippen LogP contribution < -0.4 is 10.9 Å². The minimum Gasteiger partial charge on any atom is -0.351 e. The number of pyridine rings is 1. The molecule has 1 aliphatic heterocycles. The number of nitrogens with one attached hydrogen (secondary N) is 1. The van der Waals surface area contributed by atoms with Crippen molar-refractivity contribution in [3.63, 3.8) is 0 Å². The van der Waals surface area contributed by atoms with Gasteiger partial charge in [0.1, 0.15) is 5.65 Å². The summed E-state index contributed by atoms with van der Waals surface area (Å²) in [6.45, 7) is 7.92. The Bertz CT molecular complexity index is 1120. The second-order valence-electron chi connectivity index (χ2n) is 9.47. The number of hydrogen-bond acceptors (Lipinski definition) is 7. The van der Waals surface area contributed by atoms with Crippen molar-refractivity contribution in [1.29, 1.82) is 0 Å². The average molecular weight is 491 g/mol. The van der Waals surface area contributed by atoms with Crippen LogP contribution in [0.25, 0.3) is 11.0 Å². The van der Waals surface area contributed by atoms with Crippen LogP contribution in [0, 0.1) is 0 Å². The van der Waals surface area contributed by atoms with Crippen molar-refractivity contribution in [2.75, 3.05) is 43.8 Å². The van der Waals surface area contributed by atoms with Gasteiger partial charge in [-0.05, 0) is 57.8 Å². The zero-order valence-corrected chi connectivity index (χ0v) is 21.3. The molecule has 0 aromatic carbocycles. The molecule has 0 radical (unpaired) electrons. The summed E-state index contributed by atoms with van der Waals surface area (Å²) in [4.78, 5) is 24.1. The normalized spacial score (nSPS) is 18.8. The fourth-order valence-electron chi connectivity index (χ4n) is 5.22. The Hall–Kier alpha value is -2.04. The summed E-state index contributed by atoms with van der Waals surface area (Å²) >= 11 is 0. The van der Waals surface area contributed by atoms with Crippen LogP contribution >= 0.6 is 0 Å². The lowest BCUT2D eigenvalue weighted by molar-refractivity contribution is 0.301. The van der Waals surface area contributed by atoms with Gasteiger partial charge in [-0.3, -0.25) is 9.36 Å². The second-order valence-corrected chi connectivity index (χ2v) is 11.6. The highest BCUT2D eigenvalue weighted by molar-refractivity contribution is 7.89. The zero-order chi connectivity index (χ0) is 24.1. The van der Waals surface area contributed by atoms with E-state index in [-0.39, 0.29) is 23.4 Å². The van der Waals surface area contributed by atoms with Crippen LogP contribution in [-0.4, -0.2) is 76.7 Å². The molecule has 1 N–H and O–H groups in total. The number of nitrogens with zero attached hydrogens (tertiary/aromatic N) is 5. The Morgan fingerprint density at radius 2 is 1.79 bits per heavy atom. The Morgan fingerprint density at radius 1 is 1.09 bits per heavy atom. The molecule has 0 spiro atoms. The highest BCUT2D eigenvalue weighted by Gasteiger charge is 2.28. The first-order chi connectivity index (χ1) is 16.4. The maximum atomic E-state index is 12.8. The summed E-state index contributed by atoms with van der Waals surface area (Å²) in [5, 5.41) is 4.25. The molecule has 0 unspecified atom stereocenters. The molecule has 1 saturated heterocycles. The zero-order valence-electron chi connectivity index (χ0n) is 20.4. The molecule has 2 aromatic rings. The van der Waals surface area contributed by atoms with Crippen LogP contribution in [0.2, 0.25) is 0 Å². The first-order valence-electron chi connectivity index (χ1n) is 12.8. The third-order valence-electron chi connectivity index (χ3n) is 7.31. The van der Waals surface area contributed by atoms with Gasteiger partial charge in [0, 0.05) is 42.8 Å². The lowest BCUT2D eigenvalue weighted by Crippen LogP contribution is -2.43. The monoisotopic (exact) mass is 490 g/mol. The molecule has 1 saturated carbocycles. The van der Waals surface area contributed by atoms with Crippen LogP contribution in [0.1, 0.15) is 64.8 Å². The molecule has 3 heterocycles. The molecular weight excluding hydrogens is 452 g/mol. The maximum Gasteiger partial charge on any atom is 0.252 e. The molecule has 2 aromatic heterocycles. The quantitative estimate of drug-likeness (QED) is 0.547. The average Bonchev–Trinajstić information content (AvgIpc) is 3.36. The summed E-state index contributed by atoms with van der Waals surface area (Å²) in [6, 6.07) is 3.70. The van der Waals surface area contributed by atoms with E-state index in [1.54, 1.807) is 22.6 Å². The first kappa shape index (κ1) is 25.1. The minimum absolute atomic E-state index is 0.0106. The number of rotatable bonds is 10. The Morgan fingerprint density at radius 3 is 2.47 bits per heavy atom. The van der Waals surface area contributed by atoms with Crippen molar-refractivity contribution < 1.29 is 8.42 Å². The molecular formula is C24H38N6O3S. The summed E-state index contributed by atoms with van der Waals surface area (Å²) in [7, 11) is -3.23. The van der Waals surface area contributed by atoms with Gasteiger partial charge in [0.2, 0.25) is 16.0 Å². The molecule has 0 atom stereocenters. The van der Waals surface area contributed by atoms with Crippen LogP contribution in [0.3, 0.4) is 0 Å². The maximum absolute atomic E-state index is 12.8. The van der Waals surface area contributed by atoms with Crippen molar-refractivity contribution in [3.8, 4) is 0 Å². The van der Waals surface area contributed by atoms with Gasteiger partial charge in [-0.1, -0.05) is 26.7 Å². The molecule has 0 amide bonds. The summed E-state index contributed by atoms with van der Waals surface area (Å²) in [5.74, 6) is 0.707. The number of aromatic nitrogens is 3. The van der Waals surface area contributed by atoms with Crippen molar-refractivity contribution in [2.45, 2.75) is 70.9 Å². The van der Waals surface area contributed by atoms with Crippen molar-refractivity contribution >= 4 is 27.0 Å². The second kappa shape index (κ2) is 11.1. The van der Waals surface area contributed by atoms with E-state index in [4.69, 9.17) is 4.98 Å². The fraction of sp³-hybridized carbons (Fsp3) is 0.708. The standard InChI is InChI=1S/C24H38N6O3S/c1-3-28(4-2)14-7-17-34(32,33)29-15-12-20(13-16-29)26-24-25-18-19-10-11-22(31)30(23(19)27-24)21-8-5-6-9-21/h10-11,18,20-21H,3-9,12-17H2,1-2H3,(H,25,26,27). The molecule has 2 aliphatic rings. The van der Waals surface area contributed by atoms with E-state index in [2.05, 4.69) is 29.0 Å². The topological polar surface area (TPSA) is 100 Å². The number of hydrogen-bond donors (Lipinski definition) is 1. The van der Waals surface area contributed by atoms with Gasteiger partial charge in [-0.2, -0.15) is 4.98 Å². The SMILES string of the molecule is CCN(CC)CCCS(=O)(=O)N1CCC(Nc2ncc3ccc(=O)n(C4CCCC4)c3n2)CC1. The van der Waals surface area contributed by atoms with Crippen molar-refractivity contribution in [1.82, 2.24) is 23.7 Å². The largest absolute Gasteiger partial charge is 0.351 e. The number of piperidine rings is 1. The smallest absolute Gasteiger partial charge is 0.252 e. The number of fused-ring (bicyclic) bond motifs is 1. The van der Waals surface area contributed by atoms with Crippen LogP contribution in [0.5, 0.6) is 0 Å². The van der Waals surface area contributed by atoms with Gasteiger partial charge in [-0.15, -0.1) is 0 Å². The van der Waals surface area contributed by atoms with Crippen LogP contribution in [0.15, 0.2) is 23.1 Å². The Labute approximate surface area is 202 Å². The number of anilines is 1. The van der Waals surface area contributed by atoms with E-state index in [1.165, 1.54) is 0 Å². The van der Waals surface area contributed by atoms with Gasteiger partial charge in [-0.25, -0.2) is 17.7 Å². The highest BCUT2D eigenvalue weighted by Crippen LogP contribution is 2.30. The molecule has 4 rings (SSSR count). The minimum atomic E-state index is -3.23. The lowest BCUT2D eigenvalue weighted by atomic mass is 10.1. The van der Waals surface area contributed by atoms with E-state index in [0.717, 1.165) is 50.7 Å². The Kier molecular flexibility index (Phi) is 8.21. The van der Waals surface area contributed by atoms with Gasteiger partial charge in [0.15, 0.2) is 0 Å². The molecule has 0 bridgehead atoms. The van der Waals surface area contributed by atoms with Crippen molar-refractivity contribution in [2.24, 2.45) is 0 Å². The van der Waals surface area contributed by atoms with Crippen molar-refractivity contribution in [3.05, 3.63) is 28.7 Å². The molecule has 10 heteroatoms. The van der Waals surface area contributed by atoms with Gasteiger partial charge in [0.25, 0.3) is 5.56 Å². The first-order valence-corrected chi connectivity index (χ1v) is 14.4. The highest BCUT2D eigenvalue weighted by atomic mass is 32.2. The molecule has 188 valence electrons.